The molecular formula is C14H13Cl2N. The van der Waals surface area contributed by atoms with Gasteiger partial charge in [0.25, 0.3) is 0 Å². The monoisotopic (exact) mass is 265 g/mol. The van der Waals surface area contributed by atoms with E-state index >= 15 is 0 Å². The fourth-order valence-corrected chi connectivity index (χ4v) is 2.23. The smallest absolute Gasteiger partial charge is 0.0595 e. The fraction of sp³-hybridized carbons (Fsp3) is 0.214. The molecule has 1 aromatic heterocycles. The maximum absolute atomic E-state index is 6.05. The molecule has 0 saturated heterocycles. The van der Waals surface area contributed by atoms with Crippen LogP contribution in [0.4, 0.5) is 0 Å². The van der Waals surface area contributed by atoms with Gasteiger partial charge in [-0.1, -0.05) is 42.3 Å². The Morgan fingerprint density at radius 2 is 1.94 bits per heavy atom. The Morgan fingerprint density at radius 3 is 2.53 bits per heavy atom. The molecule has 0 N–H and O–H groups in total. The van der Waals surface area contributed by atoms with E-state index in [4.69, 9.17) is 23.2 Å². The van der Waals surface area contributed by atoms with Gasteiger partial charge in [0.05, 0.1) is 10.0 Å². The Morgan fingerprint density at radius 1 is 1.12 bits per heavy atom. The molecule has 1 atom stereocenters. The van der Waals surface area contributed by atoms with Crippen LogP contribution in [-0.2, 0) is 0 Å². The van der Waals surface area contributed by atoms with E-state index in [1.165, 1.54) is 0 Å². The zero-order valence-corrected chi connectivity index (χ0v) is 11.0. The molecule has 2 aromatic rings. The molecule has 0 bridgehead atoms. The molecule has 1 nitrogen and oxygen atoms in total. The molecular weight excluding hydrogens is 253 g/mol. The van der Waals surface area contributed by atoms with Gasteiger partial charge in [0, 0.05) is 17.8 Å². The Kier molecular flexibility index (Phi) is 4.03. The van der Waals surface area contributed by atoms with Gasteiger partial charge in [-0.15, -0.1) is 0 Å². The van der Waals surface area contributed by atoms with Gasteiger partial charge in [0.1, 0.15) is 0 Å². The first-order valence-electron chi connectivity index (χ1n) is 5.58. The Labute approximate surface area is 111 Å². The first-order valence-corrected chi connectivity index (χ1v) is 6.34. The quantitative estimate of drug-likeness (QED) is 0.767. The van der Waals surface area contributed by atoms with Gasteiger partial charge in [-0.3, -0.25) is 4.98 Å². The van der Waals surface area contributed by atoms with Crippen molar-refractivity contribution in [2.24, 2.45) is 0 Å². The summed E-state index contributed by atoms with van der Waals surface area (Å²) in [6.07, 6.45) is 2.80. The molecule has 0 aliphatic heterocycles. The number of rotatable bonds is 3. The molecule has 3 heteroatoms. The highest BCUT2D eigenvalue weighted by molar-refractivity contribution is 6.42. The molecule has 0 spiro atoms. The lowest BCUT2D eigenvalue weighted by atomic mass is 9.93. The lowest BCUT2D eigenvalue weighted by Gasteiger charge is -2.15. The van der Waals surface area contributed by atoms with Crippen LogP contribution in [0.5, 0.6) is 0 Å². The highest BCUT2D eigenvalue weighted by Crippen LogP contribution is 2.31. The zero-order chi connectivity index (χ0) is 12.3. The van der Waals surface area contributed by atoms with Crippen molar-refractivity contribution in [1.82, 2.24) is 4.98 Å². The summed E-state index contributed by atoms with van der Waals surface area (Å²) in [4.78, 5) is 4.40. The van der Waals surface area contributed by atoms with Gasteiger partial charge >= 0.3 is 0 Å². The lowest BCUT2D eigenvalue weighted by molar-refractivity contribution is 0.749. The number of pyridine rings is 1. The van der Waals surface area contributed by atoms with E-state index in [0.717, 1.165) is 17.7 Å². The summed E-state index contributed by atoms with van der Waals surface area (Å²) in [5.74, 6) is 0.269. The normalized spacial score (nSPS) is 12.4. The minimum absolute atomic E-state index is 0.269. The highest BCUT2D eigenvalue weighted by atomic mass is 35.5. The Hall–Kier alpha value is -1.05. The molecule has 0 fully saturated rings. The molecule has 0 radical (unpaired) electrons. The third-order valence-electron chi connectivity index (χ3n) is 2.80. The van der Waals surface area contributed by atoms with Crippen LogP contribution in [0.3, 0.4) is 0 Å². The van der Waals surface area contributed by atoms with Gasteiger partial charge in [-0.05, 0) is 36.2 Å². The SMILES string of the molecule is CCC(c1ccc(Cl)c(Cl)c1)c1ccccn1. The van der Waals surface area contributed by atoms with Gasteiger partial charge in [0.2, 0.25) is 0 Å². The van der Waals surface area contributed by atoms with Crippen molar-refractivity contribution in [2.75, 3.05) is 0 Å². The van der Waals surface area contributed by atoms with Gasteiger partial charge in [-0.25, -0.2) is 0 Å². The highest BCUT2D eigenvalue weighted by Gasteiger charge is 2.14. The van der Waals surface area contributed by atoms with Crippen molar-refractivity contribution in [3.8, 4) is 0 Å². The molecule has 0 amide bonds. The van der Waals surface area contributed by atoms with Gasteiger partial charge < -0.3 is 0 Å². The maximum Gasteiger partial charge on any atom is 0.0595 e. The zero-order valence-electron chi connectivity index (χ0n) is 9.53. The van der Waals surface area contributed by atoms with Crippen LogP contribution in [0.2, 0.25) is 10.0 Å². The predicted molar refractivity (Wildman–Crippen MR) is 72.8 cm³/mol. The van der Waals surface area contributed by atoms with Crippen molar-refractivity contribution in [3.63, 3.8) is 0 Å². The van der Waals surface area contributed by atoms with Crippen molar-refractivity contribution in [3.05, 3.63) is 63.9 Å². The molecule has 0 aliphatic carbocycles. The topological polar surface area (TPSA) is 12.9 Å². The van der Waals surface area contributed by atoms with Crippen molar-refractivity contribution in [2.45, 2.75) is 19.3 Å². The second kappa shape index (κ2) is 5.52. The molecule has 1 aromatic carbocycles. The molecule has 17 heavy (non-hydrogen) atoms. The Bertz CT molecular complexity index is 497. The number of hydrogen-bond acceptors (Lipinski definition) is 1. The summed E-state index contributed by atoms with van der Waals surface area (Å²) in [7, 11) is 0. The second-order valence-electron chi connectivity index (χ2n) is 3.89. The maximum atomic E-state index is 6.05. The predicted octanol–water partition coefficient (Wildman–Crippen LogP) is 4.93. The van der Waals surface area contributed by atoms with Crippen molar-refractivity contribution < 1.29 is 0 Å². The van der Waals surface area contributed by atoms with E-state index in [-0.39, 0.29) is 5.92 Å². The van der Waals surface area contributed by atoms with Crippen LogP contribution >= 0.6 is 23.2 Å². The van der Waals surface area contributed by atoms with Gasteiger partial charge in [0.15, 0.2) is 0 Å². The average molecular weight is 266 g/mol. The third-order valence-corrected chi connectivity index (χ3v) is 3.54. The summed E-state index contributed by atoms with van der Waals surface area (Å²) >= 11 is 12.0. The molecule has 1 unspecified atom stereocenters. The van der Waals surface area contributed by atoms with E-state index in [9.17, 15) is 0 Å². The number of hydrogen-bond donors (Lipinski definition) is 0. The third kappa shape index (κ3) is 2.80. The minimum atomic E-state index is 0.269. The number of aromatic nitrogens is 1. The van der Waals surface area contributed by atoms with Gasteiger partial charge in [-0.2, -0.15) is 0 Å². The first kappa shape index (κ1) is 12.4. The van der Waals surface area contributed by atoms with Crippen LogP contribution in [0.15, 0.2) is 42.6 Å². The second-order valence-corrected chi connectivity index (χ2v) is 4.70. The van der Waals surface area contributed by atoms with Crippen LogP contribution in [-0.4, -0.2) is 4.98 Å². The van der Waals surface area contributed by atoms with E-state index in [1.54, 1.807) is 0 Å². The van der Waals surface area contributed by atoms with Crippen molar-refractivity contribution in [1.29, 1.82) is 0 Å². The van der Waals surface area contributed by atoms with E-state index in [2.05, 4.69) is 11.9 Å². The van der Waals surface area contributed by atoms with Crippen LogP contribution < -0.4 is 0 Å². The van der Waals surface area contributed by atoms with Crippen LogP contribution in [0.25, 0.3) is 0 Å². The number of nitrogens with zero attached hydrogens (tertiary/aromatic N) is 1. The van der Waals surface area contributed by atoms with Crippen LogP contribution in [0, 0.1) is 0 Å². The number of benzene rings is 1. The van der Waals surface area contributed by atoms with E-state index < -0.39 is 0 Å². The van der Waals surface area contributed by atoms with E-state index in [0.29, 0.717) is 10.0 Å². The minimum Gasteiger partial charge on any atom is -0.261 e. The molecule has 2 rings (SSSR count). The summed E-state index contributed by atoms with van der Waals surface area (Å²) in [5.41, 5.74) is 2.22. The molecule has 0 aliphatic rings. The number of halogens is 2. The van der Waals surface area contributed by atoms with Crippen molar-refractivity contribution >= 4 is 23.2 Å². The lowest BCUT2D eigenvalue weighted by Crippen LogP contribution is -2.01. The summed E-state index contributed by atoms with van der Waals surface area (Å²) < 4.78 is 0. The first-order chi connectivity index (χ1) is 8.22. The van der Waals surface area contributed by atoms with E-state index in [1.807, 2.05) is 42.6 Å². The molecule has 88 valence electrons. The molecule has 1 heterocycles. The van der Waals surface area contributed by atoms with Crippen LogP contribution in [0.1, 0.15) is 30.5 Å². The standard InChI is InChI=1S/C14H13Cl2N/c1-2-11(14-5-3-4-8-17-14)10-6-7-12(15)13(16)9-10/h3-9,11H,2H2,1H3. The summed E-state index contributed by atoms with van der Waals surface area (Å²) in [6.45, 7) is 2.14. The summed E-state index contributed by atoms with van der Waals surface area (Å²) in [6, 6.07) is 11.7. The largest absolute Gasteiger partial charge is 0.261 e. The average Bonchev–Trinajstić information content (AvgIpc) is 2.36. The Balaban J connectivity index is 2.39. The molecule has 0 saturated carbocycles. The fourth-order valence-electron chi connectivity index (χ4n) is 1.93. The summed E-state index contributed by atoms with van der Waals surface area (Å²) in [5, 5.41) is 1.19.